The van der Waals surface area contributed by atoms with Gasteiger partial charge in [-0.3, -0.25) is 0 Å². The highest BCUT2D eigenvalue weighted by Gasteiger charge is 1.99. The van der Waals surface area contributed by atoms with Crippen LogP contribution in [0.1, 0.15) is 13.8 Å². The van der Waals surface area contributed by atoms with Crippen molar-refractivity contribution in [2.45, 2.75) is 13.8 Å². The molecule has 0 saturated carbocycles. The molecule has 0 amide bonds. The van der Waals surface area contributed by atoms with Crippen LogP contribution >= 0.6 is 0 Å². The number of rotatable bonds is 7. The first-order chi connectivity index (χ1) is 6.42. The van der Waals surface area contributed by atoms with Gasteiger partial charge < -0.3 is 10.2 Å². The Morgan fingerprint density at radius 1 is 1.36 bits per heavy atom. The Kier molecular flexibility index (Phi) is 6.48. The van der Waals surface area contributed by atoms with Crippen molar-refractivity contribution in [3.05, 3.63) is 0 Å². The molecule has 0 rings (SSSR count). The first-order valence-corrected chi connectivity index (χ1v) is 6.49. The van der Waals surface area contributed by atoms with Gasteiger partial charge in [0.05, 0.1) is 11.5 Å². The summed E-state index contributed by atoms with van der Waals surface area (Å²) in [6, 6.07) is 0. The quantitative estimate of drug-likeness (QED) is 0.375. The van der Waals surface area contributed by atoms with Gasteiger partial charge in [0.25, 0.3) is 0 Å². The van der Waals surface area contributed by atoms with Crippen molar-refractivity contribution in [2.24, 2.45) is 5.16 Å². The highest BCUT2D eigenvalue weighted by atomic mass is 32.2. The maximum absolute atomic E-state index is 10.7. The molecule has 0 aromatic heterocycles. The van der Waals surface area contributed by atoms with Crippen molar-refractivity contribution in [2.75, 3.05) is 31.7 Å². The van der Waals surface area contributed by atoms with Gasteiger partial charge in [0.1, 0.15) is 16.4 Å². The van der Waals surface area contributed by atoms with Crippen LogP contribution in [0.3, 0.4) is 0 Å². The van der Waals surface area contributed by atoms with Crippen molar-refractivity contribution in [3.63, 3.8) is 0 Å². The molecule has 0 unspecified atom stereocenters. The van der Waals surface area contributed by atoms with Crippen LogP contribution in [0.25, 0.3) is 0 Å². The smallest absolute Gasteiger partial charge is 0.148 e. The van der Waals surface area contributed by atoms with Crippen molar-refractivity contribution in [1.82, 2.24) is 5.32 Å². The summed E-state index contributed by atoms with van der Waals surface area (Å²) < 4.78 is 21.4. The number of nitrogens with one attached hydrogen (secondary N) is 1. The van der Waals surface area contributed by atoms with Crippen LogP contribution in [0.5, 0.6) is 0 Å². The molecule has 0 aliphatic carbocycles. The van der Waals surface area contributed by atoms with Crippen LogP contribution in [-0.4, -0.2) is 45.8 Å². The predicted octanol–water partition coefficient (Wildman–Crippen LogP) is 0.0330. The molecule has 5 nitrogen and oxygen atoms in total. The zero-order valence-electron chi connectivity index (χ0n) is 8.91. The summed E-state index contributed by atoms with van der Waals surface area (Å²) in [5, 5.41) is 6.67. The van der Waals surface area contributed by atoms with Crippen LogP contribution in [-0.2, 0) is 14.7 Å². The fourth-order valence-corrected chi connectivity index (χ4v) is 1.19. The summed E-state index contributed by atoms with van der Waals surface area (Å²) in [4.78, 5) is 4.90. The first kappa shape index (κ1) is 13.4. The van der Waals surface area contributed by atoms with E-state index < -0.39 is 9.84 Å². The standard InChI is InChI=1S/C8H18N2O3S/c1-8(2)10-13-6-4-9-5-7-14(3,11)12/h9H,4-7H2,1-3H3. The van der Waals surface area contributed by atoms with E-state index in [2.05, 4.69) is 10.5 Å². The van der Waals surface area contributed by atoms with E-state index in [4.69, 9.17) is 4.84 Å². The van der Waals surface area contributed by atoms with E-state index >= 15 is 0 Å². The van der Waals surface area contributed by atoms with Gasteiger partial charge in [-0.1, -0.05) is 5.16 Å². The molecule has 0 spiro atoms. The van der Waals surface area contributed by atoms with Gasteiger partial charge in [0.15, 0.2) is 0 Å². The van der Waals surface area contributed by atoms with Gasteiger partial charge in [0, 0.05) is 19.3 Å². The molecule has 0 bridgehead atoms. The number of sulfone groups is 1. The minimum atomic E-state index is -2.86. The zero-order chi connectivity index (χ0) is 11.0. The second kappa shape index (κ2) is 6.78. The number of nitrogens with zero attached hydrogens (tertiary/aromatic N) is 1. The summed E-state index contributed by atoms with van der Waals surface area (Å²) in [7, 11) is -2.86. The van der Waals surface area contributed by atoms with Crippen LogP contribution in [0.4, 0.5) is 0 Å². The van der Waals surface area contributed by atoms with Crippen LogP contribution in [0, 0.1) is 0 Å². The van der Waals surface area contributed by atoms with Crippen LogP contribution < -0.4 is 5.32 Å². The summed E-state index contributed by atoms with van der Waals surface area (Å²) in [5.74, 6) is 0.156. The predicted molar refractivity (Wildman–Crippen MR) is 57.3 cm³/mol. The second-order valence-electron chi connectivity index (χ2n) is 3.25. The highest BCUT2D eigenvalue weighted by molar-refractivity contribution is 7.90. The van der Waals surface area contributed by atoms with E-state index in [-0.39, 0.29) is 5.75 Å². The summed E-state index contributed by atoms with van der Waals surface area (Å²) >= 11 is 0. The third-order valence-electron chi connectivity index (χ3n) is 1.27. The first-order valence-electron chi connectivity index (χ1n) is 4.43. The molecule has 14 heavy (non-hydrogen) atoms. The summed E-state index contributed by atoms with van der Waals surface area (Å²) in [5.41, 5.74) is 0.862. The van der Waals surface area contributed by atoms with Crippen molar-refractivity contribution in [1.29, 1.82) is 0 Å². The lowest BCUT2D eigenvalue weighted by Crippen LogP contribution is -2.25. The summed E-state index contributed by atoms with van der Waals surface area (Å²) in [6.07, 6.45) is 1.22. The third-order valence-corrected chi connectivity index (χ3v) is 2.21. The van der Waals surface area contributed by atoms with E-state index in [1.165, 1.54) is 6.26 Å². The van der Waals surface area contributed by atoms with E-state index in [1.807, 2.05) is 13.8 Å². The molecule has 0 saturated heterocycles. The largest absolute Gasteiger partial charge is 0.395 e. The third kappa shape index (κ3) is 11.4. The minimum absolute atomic E-state index is 0.156. The molecular formula is C8H18N2O3S. The normalized spacial score (nSPS) is 11.1. The van der Waals surface area contributed by atoms with E-state index in [0.29, 0.717) is 19.7 Å². The van der Waals surface area contributed by atoms with Gasteiger partial charge in [0.2, 0.25) is 0 Å². The molecule has 0 heterocycles. The van der Waals surface area contributed by atoms with Crippen molar-refractivity contribution in [3.8, 4) is 0 Å². The maximum atomic E-state index is 10.7. The molecule has 1 N–H and O–H groups in total. The molecule has 0 aliphatic rings. The van der Waals surface area contributed by atoms with Crippen molar-refractivity contribution >= 4 is 15.5 Å². The lowest BCUT2D eigenvalue weighted by atomic mass is 10.5. The van der Waals surface area contributed by atoms with E-state index in [9.17, 15) is 8.42 Å². The van der Waals surface area contributed by atoms with E-state index in [1.54, 1.807) is 0 Å². The molecule has 0 aliphatic heterocycles. The van der Waals surface area contributed by atoms with Gasteiger partial charge in [-0.05, 0) is 13.8 Å². The minimum Gasteiger partial charge on any atom is -0.395 e. The Hall–Kier alpha value is -0.620. The van der Waals surface area contributed by atoms with Crippen LogP contribution in [0.2, 0.25) is 0 Å². The Morgan fingerprint density at radius 3 is 2.50 bits per heavy atom. The molecule has 0 aromatic carbocycles. The zero-order valence-corrected chi connectivity index (χ0v) is 9.73. The van der Waals surface area contributed by atoms with Gasteiger partial charge in [-0.25, -0.2) is 8.42 Å². The maximum Gasteiger partial charge on any atom is 0.148 e. The van der Waals surface area contributed by atoms with Crippen LogP contribution in [0.15, 0.2) is 5.16 Å². The average Bonchev–Trinajstić information content (AvgIpc) is 2.00. The highest BCUT2D eigenvalue weighted by Crippen LogP contribution is 1.81. The van der Waals surface area contributed by atoms with Gasteiger partial charge in [-0.2, -0.15) is 0 Å². The number of hydrogen-bond acceptors (Lipinski definition) is 5. The topological polar surface area (TPSA) is 67.8 Å². The van der Waals surface area contributed by atoms with Gasteiger partial charge >= 0.3 is 0 Å². The Bertz CT molecular complexity index is 268. The molecule has 0 atom stereocenters. The lowest BCUT2D eigenvalue weighted by Gasteiger charge is -2.02. The lowest BCUT2D eigenvalue weighted by molar-refractivity contribution is 0.146. The summed E-state index contributed by atoms with van der Waals surface area (Å²) in [6.45, 7) is 5.20. The van der Waals surface area contributed by atoms with Crippen molar-refractivity contribution < 1.29 is 13.3 Å². The molecular weight excluding hydrogens is 204 g/mol. The molecule has 0 aromatic rings. The second-order valence-corrected chi connectivity index (χ2v) is 5.51. The Morgan fingerprint density at radius 2 is 2.00 bits per heavy atom. The fraction of sp³-hybridized carbons (Fsp3) is 0.875. The Labute approximate surface area is 85.4 Å². The molecule has 84 valence electrons. The molecule has 6 heteroatoms. The SMILES string of the molecule is CC(C)=NOCCNCCS(C)(=O)=O. The number of oxime groups is 1. The average molecular weight is 222 g/mol. The van der Waals surface area contributed by atoms with E-state index in [0.717, 1.165) is 5.71 Å². The molecule has 0 fully saturated rings. The molecule has 0 radical (unpaired) electrons. The fourth-order valence-electron chi connectivity index (χ4n) is 0.675. The number of hydrogen-bond donors (Lipinski definition) is 1. The monoisotopic (exact) mass is 222 g/mol. The van der Waals surface area contributed by atoms with Gasteiger partial charge in [-0.15, -0.1) is 0 Å². The Balaban J connectivity index is 3.27.